The molecule has 80 valence electrons. The minimum Gasteiger partial charge on any atom is -0.464 e. The molecule has 0 aliphatic heterocycles. The summed E-state index contributed by atoms with van der Waals surface area (Å²) in [5.41, 5.74) is 5.96. The van der Waals surface area contributed by atoms with E-state index >= 15 is 0 Å². The average Bonchev–Trinajstić information content (AvgIpc) is 2.77. The standard InChI is InChI=1S/C11H15N3O/c1-8-3-4-10(15-8)11(9(2)12)14-6-5-13-7-14/h3-7,9,11H,12H2,1-2H3. The van der Waals surface area contributed by atoms with Crippen LogP contribution < -0.4 is 5.73 Å². The zero-order valence-electron chi connectivity index (χ0n) is 8.92. The van der Waals surface area contributed by atoms with Crippen LogP contribution >= 0.6 is 0 Å². The molecule has 2 N–H and O–H groups in total. The monoisotopic (exact) mass is 205 g/mol. The van der Waals surface area contributed by atoms with Gasteiger partial charge in [-0.15, -0.1) is 0 Å². The molecule has 0 amide bonds. The molecule has 0 spiro atoms. The molecule has 4 nitrogen and oxygen atoms in total. The Morgan fingerprint density at radius 3 is 2.73 bits per heavy atom. The van der Waals surface area contributed by atoms with Crippen LogP contribution in [0, 0.1) is 6.92 Å². The third kappa shape index (κ3) is 1.94. The van der Waals surface area contributed by atoms with Gasteiger partial charge in [-0.25, -0.2) is 4.98 Å². The Bertz CT molecular complexity index is 417. The molecule has 0 fully saturated rings. The van der Waals surface area contributed by atoms with E-state index in [9.17, 15) is 0 Å². The molecule has 0 aromatic carbocycles. The van der Waals surface area contributed by atoms with Gasteiger partial charge in [0.15, 0.2) is 0 Å². The van der Waals surface area contributed by atoms with Gasteiger partial charge in [-0.1, -0.05) is 0 Å². The summed E-state index contributed by atoms with van der Waals surface area (Å²) < 4.78 is 7.56. The minimum atomic E-state index is -0.0234. The lowest BCUT2D eigenvalue weighted by atomic mass is 10.1. The molecule has 0 aliphatic carbocycles. The summed E-state index contributed by atoms with van der Waals surface area (Å²) in [5, 5.41) is 0. The van der Waals surface area contributed by atoms with Crippen molar-refractivity contribution in [2.75, 3.05) is 0 Å². The van der Waals surface area contributed by atoms with Crippen molar-refractivity contribution in [3.05, 3.63) is 42.4 Å². The van der Waals surface area contributed by atoms with E-state index in [1.54, 1.807) is 12.5 Å². The minimum absolute atomic E-state index is 0.0150. The van der Waals surface area contributed by atoms with E-state index in [0.29, 0.717) is 0 Å². The predicted octanol–water partition coefficient (Wildman–Crippen LogP) is 1.72. The van der Waals surface area contributed by atoms with Crippen molar-refractivity contribution >= 4 is 0 Å². The molecular formula is C11H15N3O. The summed E-state index contributed by atoms with van der Waals surface area (Å²) in [4.78, 5) is 4.02. The first-order valence-corrected chi connectivity index (χ1v) is 4.98. The highest BCUT2D eigenvalue weighted by Gasteiger charge is 2.20. The third-order valence-electron chi connectivity index (χ3n) is 2.40. The largest absolute Gasteiger partial charge is 0.464 e. The van der Waals surface area contributed by atoms with Crippen LogP contribution in [0.15, 0.2) is 35.3 Å². The summed E-state index contributed by atoms with van der Waals surface area (Å²) >= 11 is 0. The molecule has 2 atom stereocenters. The van der Waals surface area contributed by atoms with Gasteiger partial charge in [0.2, 0.25) is 0 Å². The molecule has 15 heavy (non-hydrogen) atoms. The fourth-order valence-electron chi connectivity index (χ4n) is 1.72. The van der Waals surface area contributed by atoms with Crippen LogP contribution in [0.25, 0.3) is 0 Å². The molecule has 2 heterocycles. The van der Waals surface area contributed by atoms with Gasteiger partial charge in [0, 0.05) is 18.4 Å². The Labute approximate surface area is 88.7 Å². The van der Waals surface area contributed by atoms with Gasteiger partial charge in [0.05, 0.1) is 6.33 Å². The van der Waals surface area contributed by atoms with Crippen molar-refractivity contribution in [2.45, 2.75) is 25.9 Å². The van der Waals surface area contributed by atoms with E-state index in [0.717, 1.165) is 11.5 Å². The van der Waals surface area contributed by atoms with Crippen molar-refractivity contribution < 1.29 is 4.42 Å². The molecular weight excluding hydrogens is 190 g/mol. The highest BCUT2D eigenvalue weighted by molar-refractivity contribution is 5.13. The number of nitrogens with zero attached hydrogens (tertiary/aromatic N) is 2. The van der Waals surface area contributed by atoms with Gasteiger partial charge >= 0.3 is 0 Å². The maximum Gasteiger partial charge on any atom is 0.128 e. The molecule has 0 aliphatic rings. The molecule has 2 aromatic heterocycles. The first-order chi connectivity index (χ1) is 7.18. The smallest absolute Gasteiger partial charge is 0.128 e. The van der Waals surface area contributed by atoms with E-state index in [2.05, 4.69) is 4.98 Å². The zero-order chi connectivity index (χ0) is 10.8. The predicted molar refractivity (Wildman–Crippen MR) is 57.5 cm³/mol. The second-order valence-electron chi connectivity index (χ2n) is 3.76. The van der Waals surface area contributed by atoms with Crippen LogP contribution in [0.1, 0.15) is 24.5 Å². The highest BCUT2D eigenvalue weighted by Crippen LogP contribution is 2.22. The average molecular weight is 205 g/mol. The molecule has 0 saturated heterocycles. The van der Waals surface area contributed by atoms with Crippen LogP contribution in [-0.4, -0.2) is 15.6 Å². The third-order valence-corrected chi connectivity index (χ3v) is 2.40. The number of hydrogen-bond acceptors (Lipinski definition) is 3. The SMILES string of the molecule is Cc1ccc(C(C(C)N)n2ccnc2)o1. The van der Waals surface area contributed by atoms with E-state index in [4.69, 9.17) is 10.2 Å². The van der Waals surface area contributed by atoms with E-state index in [-0.39, 0.29) is 12.1 Å². The number of imidazole rings is 1. The molecule has 0 bridgehead atoms. The maximum atomic E-state index is 5.96. The number of aryl methyl sites for hydroxylation is 1. The quantitative estimate of drug-likeness (QED) is 0.830. The second-order valence-corrected chi connectivity index (χ2v) is 3.76. The Morgan fingerprint density at radius 1 is 1.47 bits per heavy atom. The Hall–Kier alpha value is -1.55. The summed E-state index contributed by atoms with van der Waals surface area (Å²) in [6.45, 7) is 3.89. The van der Waals surface area contributed by atoms with Crippen molar-refractivity contribution in [3.63, 3.8) is 0 Å². The number of hydrogen-bond donors (Lipinski definition) is 1. The lowest BCUT2D eigenvalue weighted by Gasteiger charge is -2.19. The van der Waals surface area contributed by atoms with Gasteiger partial charge in [0.25, 0.3) is 0 Å². The molecule has 2 rings (SSSR count). The first kappa shape index (κ1) is 9.98. The number of furan rings is 1. The van der Waals surface area contributed by atoms with E-state index < -0.39 is 0 Å². The highest BCUT2D eigenvalue weighted by atomic mass is 16.3. The van der Waals surface area contributed by atoms with Crippen LogP contribution in [-0.2, 0) is 0 Å². The van der Waals surface area contributed by atoms with Gasteiger partial charge < -0.3 is 14.7 Å². The molecule has 4 heteroatoms. The number of aromatic nitrogens is 2. The van der Waals surface area contributed by atoms with E-state index in [1.165, 1.54) is 0 Å². The lowest BCUT2D eigenvalue weighted by molar-refractivity contribution is 0.380. The molecule has 0 radical (unpaired) electrons. The molecule has 2 aromatic rings. The van der Waals surface area contributed by atoms with Crippen LogP contribution in [0.5, 0.6) is 0 Å². The van der Waals surface area contributed by atoms with E-state index in [1.807, 2.05) is 36.7 Å². The van der Waals surface area contributed by atoms with Crippen molar-refractivity contribution in [3.8, 4) is 0 Å². The fourth-order valence-corrected chi connectivity index (χ4v) is 1.72. The number of nitrogens with two attached hydrogens (primary N) is 1. The van der Waals surface area contributed by atoms with Crippen molar-refractivity contribution in [2.24, 2.45) is 5.73 Å². The summed E-state index contributed by atoms with van der Waals surface area (Å²) in [6.07, 6.45) is 5.39. The van der Waals surface area contributed by atoms with Gasteiger partial charge in [-0.2, -0.15) is 0 Å². The van der Waals surface area contributed by atoms with Gasteiger partial charge in [0.1, 0.15) is 17.6 Å². The van der Waals surface area contributed by atoms with Gasteiger partial charge in [-0.05, 0) is 26.0 Å². The summed E-state index contributed by atoms with van der Waals surface area (Å²) in [7, 11) is 0. The normalized spacial score (nSPS) is 15.1. The first-order valence-electron chi connectivity index (χ1n) is 4.98. The Balaban J connectivity index is 2.36. The van der Waals surface area contributed by atoms with Crippen molar-refractivity contribution in [1.29, 1.82) is 0 Å². The van der Waals surface area contributed by atoms with Crippen molar-refractivity contribution in [1.82, 2.24) is 9.55 Å². The Kier molecular flexibility index (Phi) is 2.60. The summed E-state index contributed by atoms with van der Waals surface area (Å²) in [6, 6.07) is 3.90. The fraction of sp³-hybridized carbons (Fsp3) is 0.364. The molecule has 2 unspecified atom stereocenters. The maximum absolute atomic E-state index is 5.96. The van der Waals surface area contributed by atoms with Crippen LogP contribution in [0.2, 0.25) is 0 Å². The number of rotatable bonds is 3. The van der Waals surface area contributed by atoms with Gasteiger partial charge in [-0.3, -0.25) is 0 Å². The topological polar surface area (TPSA) is 57.0 Å². The summed E-state index contributed by atoms with van der Waals surface area (Å²) in [5.74, 6) is 1.77. The van der Waals surface area contributed by atoms with Crippen LogP contribution in [0.3, 0.4) is 0 Å². The Morgan fingerprint density at radius 2 is 2.27 bits per heavy atom. The lowest BCUT2D eigenvalue weighted by Crippen LogP contribution is -2.29. The zero-order valence-corrected chi connectivity index (χ0v) is 8.92. The molecule has 0 saturated carbocycles. The van der Waals surface area contributed by atoms with Crippen LogP contribution in [0.4, 0.5) is 0 Å². The second kappa shape index (κ2) is 3.90.